The van der Waals surface area contributed by atoms with Crippen LogP contribution in [0, 0.1) is 18.3 Å². The number of aryl methyl sites for hydroxylation is 1. The molecule has 2 aromatic heterocycles. The molecule has 0 amide bonds. The van der Waals surface area contributed by atoms with Crippen LogP contribution in [0.4, 0.5) is 0 Å². The van der Waals surface area contributed by atoms with Gasteiger partial charge >= 0.3 is 0 Å². The van der Waals surface area contributed by atoms with Gasteiger partial charge in [0.2, 0.25) is 11.8 Å². The van der Waals surface area contributed by atoms with Gasteiger partial charge in [-0.3, -0.25) is 0 Å². The van der Waals surface area contributed by atoms with Gasteiger partial charge in [-0.05, 0) is 43.7 Å². The first-order chi connectivity index (χ1) is 14.6. The van der Waals surface area contributed by atoms with Crippen LogP contribution in [-0.4, -0.2) is 46.8 Å². The Labute approximate surface area is 174 Å². The highest BCUT2D eigenvalue weighted by molar-refractivity contribution is 5.66. The number of nitriles is 1. The summed E-state index contributed by atoms with van der Waals surface area (Å²) in [7, 11) is 1.59. The van der Waals surface area contributed by atoms with Crippen LogP contribution >= 0.6 is 0 Å². The third-order valence-electron chi connectivity index (χ3n) is 4.03. The lowest BCUT2D eigenvalue weighted by Crippen LogP contribution is -2.06. The van der Waals surface area contributed by atoms with Gasteiger partial charge in [0.15, 0.2) is 5.82 Å². The maximum atomic E-state index is 9.29. The van der Waals surface area contributed by atoms with Crippen molar-refractivity contribution in [2.24, 2.45) is 5.73 Å². The smallest absolute Gasteiger partial charge is 0.226 e. The second-order valence-electron chi connectivity index (χ2n) is 6.31. The van der Waals surface area contributed by atoms with Crippen molar-refractivity contribution in [3.05, 3.63) is 53.6 Å². The molecule has 0 unspecified atom stereocenters. The maximum Gasteiger partial charge on any atom is 0.226 e. The Kier molecular flexibility index (Phi) is 7.21. The molecule has 2 N–H and O–H groups in total. The summed E-state index contributed by atoms with van der Waals surface area (Å²) in [6.45, 7) is 3.05. The molecule has 2 heterocycles. The zero-order valence-electron chi connectivity index (χ0n) is 16.8. The van der Waals surface area contributed by atoms with Gasteiger partial charge in [-0.1, -0.05) is 0 Å². The Balaban J connectivity index is 1.92. The predicted molar refractivity (Wildman–Crippen MR) is 109 cm³/mol. The van der Waals surface area contributed by atoms with E-state index in [4.69, 9.17) is 19.9 Å². The van der Waals surface area contributed by atoms with Gasteiger partial charge in [-0.2, -0.15) is 15.2 Å². The van der Waals surface area contributed by atoms with Gasteiger partial charge in [0.1, 0.15) is 18.2 Å². The van der Waals surface area contributed by atoms with E-state index >= 15 is 0 Å². The molecule has 0 saturated carbocycles. The maximum absolute atomic E-state index is 9.29. The normalized spacial score (nSPS) is 10.5. The SMILES string of the molecule is COCCOc1cc(Oc2cc(C#N)ccc2-c2ncc(CCN)cn2)nc(C)n1. The van der Waals surface area contributed by atoms with E-state index in [1.807, 2.05) is 0 Å². The van der Waals surface area contributed by atoms with Gasteiger partial charge in [0.05, 0.1) is 29.9 Å². The van der Waals surface area contributed by atoms with E-state index in [0.29, 0.717) is 60.6 Å². The molecule has 3 aromatic rings. The van der Waals surface area contributed by atoms with Crippen LogP contribution in [0.1, 0.15) is 17.0 Å². The molecule has 30 heavy (non-hydrogen) atoms. The molecule has 0 aliphatic heterocycles. The molecule has 0 saturated heterocycles. The molecular weight excluding hydrogens is 384 g/mol. The fourth-order valence-corrected chi connectivity index (χ4v) is 2.63. The van der Waals surface area contributed by atoms with Crippen LogP contribution < -0.4 is 15.2 Å². The summed E-state index contributed by atoms with van der Waals surface area (Å²) in [5.74, 6) is 2.01. The lowest BCUT2D eigenvalue weighted by atomic mass is 10.1. The van der Waals surface area contributed by atoms with Crippen LogP contribution in [0.25, 0.3) is 11.4 Å². The van der Waals surface area contributed by atoms with E-state index < -0.39 is 0 Å². The van der Waals surface area contributed by atoms with E-state index in [9.17, 15) is 5.26 Å². The molecule has 0 radical (unpaired) electrons. The van der Waals surface area contributed by atoms with Crippen molar-refractivity contribution in [1.29, 1.82) is 5.26 Å². The Hall–Kier alpha value is -3.61. The van der Waals surface area contributed by atoms with Gasteiger partial charge < -0.3 is 19.9 Å². The first-order valence-corrected chi connectivity index (χ1v) is 9.33. The molecule has 0 atom stereocenters. The molecule has 9 heteroatoms. The zero-order valence-corrected chi connectivity index (χ0v) is 16.8. The number of nitrogens with two attached hydrogens (primary N) is 1. The van der Waals surface area contributed by atoms with Crippen molar-refractivity contribution in [3.63, 3.8) is 0 Å². The number of hydrogen-bond donors (Lipinski definition) is 1. The number of benzene rings is 1. The minimum atomic E-state index is 0.283. The Morgan fingerprint density at radius 2 is 1.83 bits per heavy atom. The van der Waals surface area contributed by atoms with Crippen molar-refractivity contribution >= 4 is 0 Å². The highest BCUT2D eigenvalue weighted by atomic mass is 16.5. The monoisotopic (exact) mass is 406 g/mol. The fraction of sp³-hybridized carbons (Fsp3) is 0.286. The number of rotatable bonds is 9. The number of methoxy groups -OCH3 is 1. The van der Waals surface area contributed by atoms with E-state index in [-0.39, 0.29) is 5.88 Å². The molecule has 0 fully saturated rings. The Morgan fingerprint density at radius 3 is 2.53 bits per heavy atom. The summed E-state index contributed by atoms with van der Waals surface area (Å²) in [5.41, 5.74) is 7.60. The van der Waals surface area contributed by atoms with E-state index in [1.54, 1.807) is 50.7 Å². The largest absolute Gasteiger partial charge is 0.475 e. The third-order valence-corrected chi connectivity index (χ3v) is 4.03. The zero-order chi connectivity index (χ0) is 21.3. The number of nitrogens with zero attached hydrogens (tertiary/aromatic N) is 5. The van der Waals surface area contributed by atoms with Crippen molar-refractivity contribution in [2.45, 2.75) is 13.3 Å². The summed E-state index contributed by atoms with van der Waals surface area (Å²) < 4.78 is 16.5. The summed E-state index contributed by atoms with van der Waals surface area (Å²) in [6, 6.07) is 8.74. The summed E-state index contributed by atoms with van der Waals surface area (Å²) >= 11 is 0. The standard InChI is InChI=1S/C21H22N6O3/c1-14-26-19(29-8-7-28-2)10-20(27-14)30-18-9-15(11-23)3-4-17(18)21-24-12-16(5-6-22)13-25-21/h3-4,9-10,12-13H,5-8,22H2,1-2H3. The van der Waals surface area contributed by atoms with Gasteiger partial charge in [-0.25, -0.2) is 9.97 Å². The fourth-order valence-electron chi connectivity index (χ4n) is 2.63. The topological polar surface area (TPSA) is 129 Å². The minimum absolute atomic E-state index is 0.283. The summed E-state index contributed by atoms with van der Waals surface area (Å²) in [4.78, 5) is 17.4. The molecule has 0 spiro atoms. The molecule has 0 aliphatic rings. The van der Waals surface area contributed by atoms with Crippen molar-refractivity contribution < 1.29 is 14.2 Å². The highest BCUT2D eigenvalue weighted by Gasteiger charge is 2.14. The van der Waals surface area contributed by atoms with Crippen LogP contribution in [0.3, 0.4) is 0 Å². The van der Waals surface area contributed by atoms with Crippen LogP contribution in [0.5, 0.6) is 17.5 Å². The van der Waals surface area contributed by atoms with Gasteiger partial charge in [0.25, 0.3) is 0 Å². The third kappa shape index (κ3) is 5.47. The lowest BCUT2D eigenvalue weighted by molar-refractivity contribution is 0.143. The molecule has 0 aliphatic carbocycles. The van der Waals surface area contributed by atoms with E-state index in [2.05, 4.69) is 26.0 Å². The average molecular weight is 406 g/mol. The van der Waals surface area contributed by atoms with Crippen molar-refractivity contribution in [3.8, 4) is 35.0 Å². The predicted octanol–water partition coefficient (Wildman–Crippen LogP) is 2.43. The van der Waals surface area contributed by atoms with Crippen molar-refractivity contribution in [1.82, 2.24) is 19.9 Å². The van der Waals surface area contributed by atoms with Crippen LogP contribution in [-0.2, 0) is 11.2 Å². The number of ether oxygens (including phenoxy) is 3. The average Bonchev–Trinajstić information content (AvgIpc) is 2.74. The first kappa shape index (κ1) is 21.1. The van der Waals surface area contributed by atoms with Gasteiger partial charge in [0, 0.05) is 19.5 Å². The number of hydrogen-bond acceptors (Lipinski definition) is 9. The minimum Gasteiger partial charge on any atom is -0.475 e. The molecule has 0 bridgehead atoms. The van der Waals surface area contributed by atoms with Crippen molar-refractivity contribution in [2.75, 3.05) is 26.9 Å². The molecule has 154 valence electrons. The van der Waals surface area contributed by atoms with E-state index in [1.165, 1.54) is 0 Å². The molecular formula is C21H22N6O3. The Bertz CT molecular complexity index is 1030. The van der Waals surface area contributed by atoms with Crippen LogP contribution in [0.15, 0.2) is 36.7 Å². The van der Waals surface area contributed by atoms with E-state index in [0.717, 1.165) is 5.56 Å². The highest BCUT2D eigenvalue weighted by Crippen LogP contribution is 2.32. The first-order valence-electron chi connectivity index (χ1n) is 9.33. The van der Waals surface area contributed by atoms with Gasteiger partial charge in [-0.15, -0.1) is 0 Å². The second kappa shape index (κ2) is 10.2. The summed E-state index contributed by atoms with van der Waals surface area (Å²) in [5, 5.41) is 9.29. The summed E-state index contributed by atoms with van der Waals surface area (Å²) in [6.07, 6.45) is 4.16. The second-order valence-corrected chi connectivity index (χ2v) is 6.31. The van der Waals surface area contributed by atoms with Crippen LogP contribution in [0.2, 0.25) is 0 Å². The quantitative estimate of drug-likeness (QED) is 0.532. The lowest BCUT2D eigenvalue weighted by Gasteiger charge is -2.12. The Morgan fingerprint density at radius 1 is 1.07 bits per heavy atom. The molecule has 1 aromatic carbocycles. The molecule has 3 rings (SSSR count). The molecule has 9 nitrogen and oxygen atoms in total. The number of aromatic nitrogens is 4.